The molecule has 8 nitrogen and oxygen atoms in total. The summed E-state index contributed by atoms with van der Waals surface area (Å²) >= 11 is 0. The average molecular weight is 387 g/mol. The van der Waals surface area contributed by atoms with Gasteiger partial charge in [-0.2, -0.15) is 8.42 Å². The Kier molecular flexibility index (Phi) is 7.01. The second-order valence-electron chi connectivity index (χ2n) is 7.60. The second kappa shape index (κ2) is 7.66. The molecule has 1 rings (SSSR count). The minimum absolute atomic E-state index is 0.0281. The van der Waals surface area contributed by atoms with Gasteiger partial charge in [0.05, 0.1) is 12.9 Å². The zero-order valence-corrected chi connectivity index (χ0v) is 17.2. The van der Waals surface area contributed by atoms with E-state index in [-0.39, 0.29) is 11.6 Å². The van der Waals surface area contributed by atoms with Crippen molar-refractivity contribution in [3.8, 4) is 0 Å². The molecule has 0 spiro atoms. The normalized spacial score (nSPS) is 32.8. The van der Waals surface area contributed by atoms with Crippen molar-refractivity contribution in [2.45, 2.75) is 69.6 Å². The van der Waals surface area contributed by atoms with Gasteiger partial charge in [0.25, 0.3) is 10.1 Å². The maximum absolute atomic E-state index is 11.5. The fourth-order valence-electron chi connectivity index (χ4n) is 2.06. The van der Waals surface area contributed by atoms with E-state index < -0.39 is 49.1 Å². The van der Waals surface area contributed by atoms with Gasteiger partial charge >= 0.3 is 0 Å². The van der Waals surface area contributed by atoms with Crippen molar-refractivity contribution >= 4 is 18.4 Å². The molecule has 24 heavy (non-hydrogen) atoms. The molecule has 0 bridgehead atoms. The maximum atomic E-state index is 11.5. The van der Waals surface area contributed by atoms with Crippen LogP contribution in [0.3, 0.4) is 0 Å². The molecular formula is C14H30O8SSi. The summed E-state index contributed by atoms with van der Waals surface area (Å²) in [6, 6.07) is 0. The van der Waals surface area contributed by atoms with Crippen molar-refractivity contribution in [2.75, 3.05) is 20.0 Å². The Bertz CT molecular complexity index is 515. The molecule has 0 radical (unpaired) electrons. The highest BCUT2D eigenvalue weighted by Gasteiger charge is 2.48. The van der Waals surface area contributed by atoms with Crippen LogP contribution in [0, 0.1) is 0 Å². The van der Waals surface area contributed by atoms with Crippen LogP contribution < -0.4 is 0 Å². The fraction of sp³-hybridized carbons (Fsp3) is 1.00. The van der Waals surface area contributed by atoms with Crippen molar-refractivity contribution in [1.82, 2.24) is 0 Å². The van der Waals surface area contributed by atoms with Crippen LogP contribution in [0.4, 0.5) is 0 Å². The summed E-state index contributed by atoms with van der Waals surface area (Å²) in [4.78, 5) is 0. The van der Waals surface area contributed by atoms with E-state index in [1.54, 1.807) is 0 Å². The van der Waals surface area contributed by atoms with Gasteiger partial charge in [0.15, 0.2) is 14.6 Å². The number of aliphatic hydroxyl groups excluding tert-OH is 2. The largest absolute Gasteiger partial charge is 0.414 e. The quantitative estimate of drug-likeness (QED) is 0.500. The van der Waals surface area contributed by atoms with Gasteiger partial charge < -0.3 is 24.1 Å². The summed E-state index contributed by atoms with van der Waals surface area (Å²) in [6.45, 7) is 10.3. The monoisotopic (exact) mass is 386 g/mol. The first-order chi connectivity index (χ1) is 10.7. The standard InChI is InChI=1S/C14H30O8SSi/c1-14(2,3)24(6,7)20-8-9-12(22-23(5,17)18)10(15)11(16)13(19-4)21-9/h9-13,15-16H,8H2,1-7H3/t9-,10-,11+,12-,13+/m1/s1. The average Bonchev–Trinajstić information content (AvgIpc) is 2.40. The SMILES string of the molecule is CO[C@H]1O[C@H](CO[Si](C)(C)C(C)(C)C)[C@@H](OS(C)(=O)=O)[C@H](O)[C@@H]1O. The van der Waals surface area contributed by atoms with E-state index >= 15 is 0 Å². The molecule has 5 atom stereocenters. The Balaban J connectivity index is 2.96. The third-order valence-electron chi connectivity index (χ3n) is 4.57. The predicted octanol–water partition coefficient (Wildman–Crippen LogP) is 0.446. The van der Waals surface area contributed by atoms with Gasteiger partial charge in [-0.15, -0.1) is 0 Å². The lowest BCUT2D eigenvalue weighted by atomic mass is 9.99. The van der Waals surface area contributed by atoms with Crippen LogP contribution >= 0.6 is 0 Å². The van der Waals surface area contributed by atoms with Crippen LogP contribution in [-0.4, -0.2) is 77.6 Å². The molecule has 1 aliphatic rings. The van der Waals surface area contributed by atoms with Crippen LogP contribution in [0.25, 0.3) is 0 Å². The third kappa shape index (κ3) is 5.46. The highest BCUT2D eigenvalue weighted by atomic mass is 32.2. The smallest absolute Gasteiger partial charge is 0.264 e. The molecule has 2 N–H and O–H groups in total. The summed E-state index contributed by atoms with van der Waals surface area (Å²) in [5, 5.41) is 20.1. The molecule has 144 valence electrons. The van der Waals surface area contributed by atoms with Crippen molar-refractivity contribution < 1.29 is 36.7 Å². The Hall–Kier alpha value is -0.0731. The number of rotatable bonds is 6. The topological polar surface area (TPSA) is 112 Å². The van der Waals surface area contributed by atoms with Crippen LogP contribution in [0.5, 0.6) is 0 Å². The Morgan fingerprint density at radius 2 is 1.71 bits per heavy atom. The summed E-state index contributed by atoms with van der Waals surface area (Å²) in [5.41, 5.74) is 0. The highest BCUT2D eigenvalue weighted by molar-refractivity contribution is 7.86. The molecule has 0 amide bonds. The molecule has 1 aliphatic heterocycles. The number of hydrogen-bond donors (Lipinski definition) is 2. The van der Waals surface area contributed by atoms with E-state index in [1.807, 2.05) is 13.1 Å². The molecular weight excluding hydrogens is 356 g/mol. The van der Waals surface area contributed by atoms with E-state index in [4.69, 9.17) is 18.1 Å². The highest BCUT2D eigenvalue weighted by Crippen LogP contribution is 2.37. The first-order valence-corrected chi connectivity index (χ1v) is 12.5. The van der Waals surface area contributed by atoms with Crippen LogP contribution in [-0.2, 0) is 28.2 Å². The summed E-state index contributed by atoms with van der Waals surface area (Å²) < 4.78 is 44.5. The Morgan fingerprint density at radius 1 is 1.17 bits per heavy atom. The van der Waals surface area contributed by atoms with Crippen LogP contribution in [0.2, 0.25) is 18.1 Å². The van der Waals surface area contributed by atoms with Crippen molar-refractivity contribution in [3.05, 3.63) is 0 Å². The molecule has 1 saturated heterocycles. The lowest BCUT2D eigenvalue weighted by Gasteiger charge is -2.43. The Labute approximate surface area is 145 Å². The molecule has 10 heteroatoms. The predicted molar refractivity (Wildman–Crippen MR) is 90.5 cm³/mol. The first-order valence-electron chi connectivity index (χ1n) is 7.76. The Morgan fingerprint density at radius 3 is 2.12 bits per heavy atom. The number of methoxy groups -OCH3 is 1. The lowest BCUT2D eigenvalue weighted by molar-refractivity contribution is -0.288. The molecule has 0 aromatic carbocycles. The molecule has 0 aromatic rings. The third-order valence-corrected chi connectivity index (χ3v) is 9.65. The zero-order chi connectivity index (χ0) is 18.9. The van der Waals surface area contributed by atoms with E-state index in [1.165, 1.54) is 7.11 Å². The molecule has 1 heterocycles. The van der Waals surface area contributed by atoms with Gasteiger partial charge in [-0.1, -0.05) is 20.8 Å². The zero-order valence-electron chi connectivity index (χ0n) is 15.3. The summed E-state index contributed by atoms with van der Waals surface area (Å²) in [7, 11) is -4.65. The molecule has 0 saturated carbocycles. The van der Waals surface area contributed by atoms with Gasteiger partial charge in [0.2, 0.25) is 0 Å². The molecule has 0 aromatic heterocycles. The summed E-state index contributed by atoms with van der Waals surface area (Å²) in [5.74, 6) is 0. The minimum atomic E-state index is -3.86. The van der Waals surface area contributed by atoms with Gasteiger partial charge in [-0.3, -0.25) is 4.18 Å². The number of aliphatic hydroxyl groups is 2. The second-order valence-corrected chi connectivity index (χ2v) is 14.0. The molecule has 0 unspecified atom stereocenters. The first kappa shape index (κ1) is 22.0. The number of hydrogen-bond acceptors (Lipinski definition) is 8. The van der Waals surface area contributed by atoms with E-state index in [2.05, 4.69) is 20.8 Å². The van der Waals surface area contributed by atoms with Crippen LogP contribution in [0.15, 0.2) is 0 Å². The van der Waals surface area contributed by atoms with E-state index in [0.717, 1.165) is 6.26 Å². The van der Waals surface area contributed by atoms with Crippen molar-refractivity contribution in [1.29, 1.82) is 0 Å². The lowest BCUT2D eigenvalue weighted by Crippen LogP contribution is -2.61. The van der Waals surface area contributed by atoms with Gasteiger partial charge in [0.1, 0.15) is 24.4 Å². The molecule has 0 aliphatic carbocycles. The van der Waals surface area contributed by atoms with E-state index in [0.29, 0.717) is 0 Å². The minimum Gasteiger partial charge on any atom is -0.414 e. The van der Waals surface area contributed by atoms with Gasteiger partial charge in [-0.05, 0) is 18.1 Å². The van der Waals surface area contributed by atoms with Crippen LogP contribution in [0.1, 0.15) is 20.8 Å². The maximum Gasteiger partial charge on any atom is 0.264 e. The number of ether oxygens (including phenoxy) is 2. The fourth-order valence-corrected chi connectivity index (χ4v) is 3.72. The van der Waals surface area contributed by atoms with Crippen molar-refractivity contribution in [2.24, 2.45) is 0 Å². The molecule has 1 fully saturated rings. The summed E-state index contributed by atoms with van der Waals surface area (Å²) in [6.07, 6.45) is -5.28. The van der Waals surface area contributed by atoms with Gasteiger partial charge in [-0.25, -0.2) is 0 Å². The van der Waals surface area contributed by atoms with Crippen molar-refractivity contribution in [3.63, 3.8) is 0 Å². The van der Waals surface area contributed by atoms with E-state index in [9.17, 15) is 18.6 Å². The van der Waals surface area contributed by atoms with Gasteiger partial charge in [0, 0.05) is 7.11 Å².